The van der Waals surface area contributed by atoms with Gasteiger partial charge in [-0.3, -0.25) is 14.8 Å². The number of thiazole rings is 1. The summed E-state index contributed by atoms with van der Waals surface area (Å²) in [6.07, 6.45) is 3.32. The maximum Gasteiger partial charge on any atom is 0.279 e. The minimum absolute atomic E-state index is 0.227. The van der Waals surface area contributed by atoms with Gasteiger partial charge in [-0.25, -0.2) is 9.97 Å². The zero-order valence-corrected chi connectivity index (χ0v) is 15.1. The molecule has 136 valence electrons. The molecule has 26 heavy (non-hydrogen) atoms. The van der Waals surface area contributed by atoms with E-state index >= 15 is 0 Å². The number of aryl methyl sites for hydroxylation is 1. The van der Waals surface area contributed by atoms with Gasteiger partial charge in [0.2, 0.25) is 5.88 Å². The molecule has 0 atom stereocenters. The first-order valence-corrected chi connectivity index (χ1v) is 8.81. The fourth-order valence-corrected chi connectivity index (χ4v) is 3.71. The summed E-state index contributed by atoms with van der Waals surface area (Å²) in [6, 6.07) is 0. The van der Waals surface area contributed by atoms with Crippen molar-refractivity contribution in [2.24, 2.45) is 7.05 Å². The van der Waals surface area contributed by atoms with Crippen molar-refractivity contribution >= 4 is 38.3 Å². The Morgan fingerprint density at radius 1 is 1.38 bits per heavy atom. The van der Waals surface area contributed by atoms with Gasteiger partial charge in [0.25, 0.3) is 5.91 Å². The maximum atomic E-state index is 12.3. The van der Waals surface area contributed by atoms with Crippen LogP contribution in [0.2, 0.25) is 0 Å². The highest BCUT2D eigenvalue weighted by Crippen LogP contribution is 2.38. The molecule has 3 aromatic heterocycles. The van der Waals surface area contributed by atoms with Crippen molar-refractivity contribution in [2.45, 2.75) is 0 Å². The van der Waals surface area contributed by atoms with Crippen LogP contribution in [0.15, 0.2) is 12.4 Å². The van der Waals surface area contributed by atoms with E-state index in [0.717, 1.165) is 23.5 Å². The summed E-state index contributed by atoms with van der Waals surface area (Å²) in [5.41, 5.74) is 1.81. The lowest BCUT2D eigenvalue weighted by Gasteiger charge is -2.28. The number of amides is 1. The number of carbonyl (C=O) groups is 1. The molecule has 0 saturated carbocycles. The lowest BCUT2D eigenvalue weighted by molar-refractivity contribution is 0.102. The molecule has 4 rings (SSSR count). The number of methoxy groups -OCH3 is 1. The second-order valence-electron chi connectivity index (χ2n) is 5.68. The van der Waals surface area contributed by atoms with E-state index in [2.05, 4.69) is 30.5 Å². The first-order chi connectivity index (χ1) is 12.7. The molecule has 1 saturated heterocycles. The smallest absolute Gasteiger partial charge is 0.279 e. The second kappa shape index (κ2) is 6.84. The molecule has 0 spiro atoms. The number of nitrogens with zero attached hydrogens (tertiary/aromatic N) is 6. The van der Waals surface area contributed by atoms with Gasteiger partial charge in [-0.1, -0.05) is 16.6 Å². The van der Waals surface area contributed by atoms with Gasteiger partial charge in [0, 0.05) is 20.1 Å². The average molecular weight is 375 g/mol. The molecule has 0 unspecified atom stereocenters. The van der Waals surface area contributed by atoms with Crippen molar-refractivity contribution in [1.29, 1.82) is 0 Å². The first kappa shape index (κ1) is 16.7. The van der Waals surface area contributed by atoms with E-state index < -0.39 is 0 Å². The predicted octanol–water partition coefficient (Wildman–Crippen LogP) is 0.917. The first-order valence-electron chi connectivity index (χ1n) is 7.99. The van der Waals surface area contributed by atoms with Crippen molar-refractivity contribution in [3.63, 3.8) is 0 Å². The Labute approximate surface area is 152 Å². The number of aromatic nitrogens is 5. The van der Waals surface area contributed by atoms with Crippen LogP contribution in [0.4, 0.5) is 10.8 Å². The van der Waals surface area contributed by atoms with E-state index in [1.54, 1.807) is 26.6 Å². The van der Waals surface area contributed by atoms with Crippen molar-refractivity contribution in [2.75, 3.05) is 43.6 Å². The van der Waals surface area contributed by atoms with Crippen molar-refractivity contribution in [3.05, 3.63) is 18.1 Å². The van der Waals surface area contributed by atoms with E-state index in [9.17, 15) is 4.79 Å². The van der Waals surface area contributed by atoms with E-state index in [0.29, 0.717) is 29.7 Å². The van der Waals surface area contributed by atoms with Gasteiger partial charge < -0.3 is 14.4 Å². The molecule has 1 aliphatic heterocycles. The number of nitrogens with one attached hydrogen (secondary N) is 1. The molecule has 0 aliphatic carbocycles. The Morgan fingerprint density at radius 2 is 2.19 bits per heavy atom. The van der Waals surface area contributed by atoms with Crippen LogP contribution in [0.1, 0.15) is 10.5 Å². The van der Waals surface area contributed by atoms with E-state index in [1.165, 1.54) is 16.0 Å². The van der Waals surface area contributed by atoms with Crippen LogP contribution >= 0.6 is 11.3 Å². The minimum atomic E-state index is -0.364. The van der Waals surface area contributed by atoms with Gasteiger partial charge in [-0.2, -0.15) is 0 Å². The quantitative estimate of drug-likeness (QED) is 0.717. The summed E-state index contributed by atoms with van der Waals surface area (Å²) in [7, 11) is 3.25. The van der Waals surface area contributed by atoms with Crippen molar-refractivity contribution in [3.8, 4) is 5.88 Å². The van der Waals surface area contributed by atoms with Crippen LogP contribution in [-0.4, -0.2) is 64.3 Å². The fourth-order valence-electron chi connectivity index (χ4n) is 2.72. The molecule has 4 heterocycles. The lowest BCUT2D eigenvalue weighted by atomic mass is 10.3. The van der Waals surface area contributed by atoms with Gasteiger partial charge in [-0.15, -0.1) is 5.10 Å². The lowest BCUT2D eigenvalue weighted by Crippen LogP contribution is -2.36. The number of rotatable bonds is 4. The van der Waals surface area contributed by atoms with E-state index in [-0.39, 0.29) is 11.6 Å². The molecule has 1 amide bonds. The molecule has 0 bridgehead atoms. The Hall–Kier alpha value is -2.79. The Balaban J connectivity index is 1.69. The van der Waals surface area contributed by atoms with Gasteiger partial charge in [-0.05, 0) is 0 Å². The topological polar surface area (TPSA) is 107 Å². The second-order valence-corrected chi connectivity index (χ2v) is 6.68. The van der Waals surface area contributed by atoms with Crippen LogP contribution in [-0.2, 0) is 11.8 Å². The number of anilines is 2. The van der Waals surface area contributed by atoms with Crippen molar-refractivity contribution < 1.29 is 14.3 Å². The van der Waals surface area contributed by atoms with Gasteiger partial charge in [0.15, 0.2) is 10.8 Å². The van der Waals surface area contributed by atoms with Gasteiger partial charge in [0.05, 0.1) is 43.1 Å². The number of hydrogen-bond acceptors (Lipinski definition) is 9. The summed E-state index contributed by atoms with van der Waals surface area (Å²) in [4.78, 5) is 23.4. The number of morpholine rings is 1. The Morgan fingerprint density at radius 3 is 2.88 bits per heavy atom. The molecule has 0 radical (unpaired) electrons. The molecule has 0 aromatic carbocycles. The maximum absolute atomic E-state index is 12.3. The van der Waals surface area contributed by atoms with Crippen LogP contribution in [0, 0.1) is 0 Å². The number of hydrogen-bond donors (Lipinski definition) is 1. The number of carbonyl (C=O) groups excluding carboxylic acids is 1. The molecule has 1 aliphatic rings. The zero-order chi connectivity index (χ0) is 18.1. The third-order valence-electron chi connectivity index (χ3n) is 3.97. The Bertz CT molecular complexity index is 948. The molecular weight excluding hydrogens is 358 g/mol. The van der Waals surface area contributed by atoms with Crippen LogP contribution in [0.25, 0.3) is 10.2 Å². The third-order valence-corrected chi connectivity index (χ3v) is 4.96. The number of ether oxygens (including phenoxy) is 2. The molecule has 11 heteroatoms. The monoisotopic (exact) mass is 375 g/mol. The third kappa shape index (κ3) is 3.06. The SMILES string of the molecule is COc1ncc(N2CCOCC2)c2sc(NC(=O)c3cn(C)nn3)nc12. The molecule has 3 aromatic rings. The van der Waals surface area contributed by atoms with Gasteiger partial charge in [0.1, 0.15) is 5.52 Å². The fraction of sp³-hybridized carbons (Fsp3) is 0.400. The minimum Gasteiger partial charge on any atom is -0.479 e. The van der Waals surface area contributed by atoms with Gasteiger partial charge >= 0.3 is 0 Å². The highest BCUT2D eigenvalue weighted by Gasteiger charge is 2.21. The van der Waals surface area contributed by atoms with Crippen LogP contribution in [0.3, 0.4) is 0 Å². The van der Waals surface area contributed by atoms with Crippen LogP contribution < -0.4 is 15.0 Å². The largest absolute Gasteiger partial charge is 0.479 e. The average Bonchev–Trinajstić information content (AvgIpc) is 3.27. The molecular formula is C15H17N7O3S. The normalized spacial score (nSPS) is 14.6. The van der Waals surface area contributed by atoms with E-state index in [4.69, 9.17) is 9.47 Å². The summed E-state index contributed by atoms with van der Waals surface area (Å²) in [6.45, 7) is 2.90. The summed E-state index contributed by atoms with van der Waals surface area (Å²) < 4.78 is 13.1. The molecule has 10 nitrogen and oxygen atoms in total. The highest BCUT2D eigenvalue weighted by atomic mass is 32.1. The highest BCUT2D eigenvalue weighted by molar-refractivity contribution is 7.23. The predicted molar refractivity (Wildman–Crippen MR) is 96.0 cm³/mol. The van der Waals surface area contributed by atoms with E-state index in [1.807, 2.05) is 0 Å². The number of pyridine rings is 1. The standard InChI is InChI=1S/C15H17N7O3S/c1-21-8-9(19-20-21)13(23)18-15-17-11-12(26-15)10(7-16-14(11)24-2)22-3-5-25-6-4-22/h7-8H,3-6H2,1-2H3,(H,17,18,23). The number of fused-ring (bicyclic) bond motifs is 1. The molecule has 1 fully saturated rings. The molecule has 1 N–H and O–H groups in total. The summed E-state index contributed by atoms with van der Waals surface area (Å²) in [5, 5.41) is 10.8. The summed E-state index contributed by atoms with van der Waals surface area (Å²) >= 11 is 1.38. The summed E-state index contributed by atoms with van der Waals surface area (Å²) in [5.74, 6) is 0.0604. The Kier molecular flexibility index (Phi) is 4.39. The van der Waals surface area contributed by atoms with Crippen LogP contribution in [0.5, 0.6) is 5.88 Å². The van der Waals surface area contributed by atoms with Crippen molar-refractivity contribution in [1.82, 2.24) is 25.0 Å². The zero-order valence-electron chi connectivity index (χ0n) is 14.3.